The van der Waals surface area contributed by atoms with E-state index < -0.39 is 5.91 Å². The van der Waals surface area contributed by atoms with E-state index >= 15 is 0 Å². The first-order chi connectivity index (χ1) is 12.1. The van der Waals surface area contributed by atoms with Gasteiger partial charge in [-0.05, 0) is 43.7 Å². The molecule has 25 heavy (non-hydrogen) atoms. The minimum atomic E-state index is -0.453. The van der Waals surface area contributed by atoms with Crippen LogP contribution in [0.4, 0.5) is 5.69 Å². The van der Waals surface area contributed by atoms with Gasteiger partial charge in [-0.3, -0.25) is 4.79 Å². The number of amides is 1. The lowest BCUT2D eigenvalue weighted by molar-refractivity contribution is 0.0505. The fourth-order valence-electron chi connectivity index (χ4n) is 2.16. The Balaban J connectivity index is 1.71. The molecular formula is C17H17N5O3. The highest BCUT2D eigenvalue weighted by molar-refractivity contribution is 6.02. The Morgan fingerprint density at radius 1 is 1.20 bits per heavy atom. The molecule has 0 aliphatic heterocycles. The summed E-state index contributed by atoms with van der Waals surface area (Å²) < 4.78 is 6.56. The number of esters is 1. The highest BCUT2D eigenvalue weighted by atomic mass is 16.5. The van der Waals surface area contributed by atoms with Crippen molar-refractivity contribution in [1.82, 2.24) is 19.6 Å². The minimum absolute atomic E-state index is 0.0215. The van der Waals surface area contributed by atoms with E-state index in [4.69, 9.17) is 4.74 Å². The van der Waals surface area contributed by atoms with Crippen molar-refractivity contribution in [3.63, 3.8) is 0 Å². The van der Waals surface area contributed by atoms with Gasteiger partial charge in [0.15, 0.2) is 0 Å². The number of ether oxygens (including phenoxy) is 1. The van der Waals surface area contributed by atoms with E-state index in [2.05, 4.69) is 20.4 Å². The van der Waals surface area contributed by atoms with Crippen molar-refractivity contribution in [2.75, 3.05) is 11.9 Å². The van der Waals surface area contributed by atoms with Gasteiger partial charge in [-0.2, -0.15) is 4.98 Å². The summed E-state index contributed by atoms with van der Waals surface area (Å²) >= 11 is 0. The van der Waals surface area contributed by atoms with Crippen LogP contribution in [0.5, 0.6) is 0 Å². The van der Waals surface area contributed by atoms with E-state index in [0.717, 1.165) is 12.1 Å². The second-order valence-electron chi connectivity index (χ2n) is 5.40. The van der Waals surface area contributed by atoms with Gasteiger partial charge in [0.05, 0.1) is 12.2 Å². The minimum Gasteiger partial charge on any atom is -0.462 e. The van der Waals surface area contributed by atoms with Crippen molar-refractivity contribution < 1.29 is 14.3 Å². The van der Waals surface area contributed by atoms with Gasteiger partial charge in [0.1, 0.15) is 0 Å². The number of benzene rings is 1. The molecule has 0 spiro atoms. The smallest absolute Gasteiger partial charge is 0.338 e. The lowest BCUT2D eigenvalue weighted by Gasteiger charge is -2.05. The lowest BCUT2D eigenvalue weighted by Crippen LogP contribution is -2.14. The van der Waals surface area contributed by atoms with E-state index in [-0.39, 0.29) is 11.8 Å². The Labute approximate surface area is 143 Å². The molecule has 1 aromatic carbocycles. The number of fused-ring (bicyclic) bond motifs is 1. The van der Waals surface area contributed by atoms with Gasteiger partial charge >= 0.3 is 5.97 Å². The third kappa shape index (κ3) is 3.63. The molecule has 0 radical (unpaired) electrons. The van der Waals surface area contributed by atoms with Crippen LogP contribution in [0, 0.1) is 6.92 Å². The molecular weight excluding hydrogens is 322 g/mol. The first-order valence-corrected chi connectivity index (χ1v) is 7.85. The van der Waals surface area contributed by atoms with Crippen LogP contribution < -0.4 is 5.32 Å². The normalized spacial score (nSPS) is 10.6. The Morgan fingerprint density at radius 3 is 2.64 bits per heavy atom. The second kappa shape index (κ2) is 7.08. The summed E-state index contributed by atoms with van der Waals surface area (Å²) in [6, 6.07) is 8.21. The molecule has 128 valence electrons. The lowest BCUT2D eigenvalue weighted by atomic mass is 10.2. The first kappa shape index (κ1) is 16.6. The summed E-state index contributed by atoms with van der Waals surface area (Å²) in [5.41, 5.74) is 1.78. The van der Waals surface area contributed by atoms with Crippen LogP contribution in [-0.2, 0) is 4.74 Å². The molecule has 0 saturated heterocycles. The molecule has 0 saturated carbocycles. The number of hydrogen-bond donors (Lipinski definition) is 1. The quantitative estimate of drug-likeness (QED) is 0.716. The summed E-state index contributed by atoms with van der Waals surface area (Å²) in [5.74, 6) is -0.457. The molecule has 8 nitrogen and oxygen atoms in total. The average molecular weight is 339 g/mol. The second-order valence-corrected chi connectivity index (χ2v) is 5.40. The zero-order chi connectivity index (χ0) is 17.8. The molecule has 0 bridgehead atoms. The summed E-state index contributed by atoms with van der Waals surface area (Å²) in [5, 5.41) is 6.84. The van der Waals surface area contributed by atoms with Crippen LogP contribution in [0.1, 0.15) is 40.0 Å². The summed E-state index contributed by atoms with van der Waals surface area (Å²) in [6.45, 7) is 4.15. The summed E-state index contributed by atoms with van der Waals surface area (Å²) in [6.07, 6.45) is 2.37. The number of rotatable bonds is 5. The molecule has 3 aromatic rings. The van der Waals surface area contributed by atoms with Gasteiger partial charge in [-0.25, -0.2) is 14.3 Å². The van der Waals surface area contributed by atoms with Crippen LogP contribution in [0.3, 0.4) is 0 Å². The number of hydrogen-bond acceptors (Lipinski definition) is 6. The zero-order valence-electron chi connectivity index (χ0n) is 13.9. The SMILES string of the molecule is CCCOC(=O)c1ccc(NC(=O)c2nc3nccc(C)n3n2)cc1. The summed E-state index contributed by atoms with van der Waals surface area (Å²) in [7, 11) is 0. The van der Waals surface area contributed by atoms with Crippen molar-refractivity contribution in [1.29, 1.82) is 0 Å². The van der Waals surface area contributed by atoms with Gasteiger partial charge in [0.2, 0.25) is 5.82 Å². The van der Waals surface area contributed by atoms with E-state index in [0.29, 0.717) is 23.6 Å². The molecule has 1 N–H and O–H groups in total. The summed E-state index contributed by atoms with van der Waals surface area (Å²) in [4.78, 5) is 32.2. The highest BCUT2D eigenvalue weighted by Crippen LogP contribution is 2.12. The zero-order valence-corrected chi connectivity index (χ0v) is 13.9. The molecule has 2 aromatic heterocycles. The maximum absolute atomic E-state index is 12.3. The number of aryl methyl sites for hydroxylation is 1. The van der Waals surface area contributed by atoms with Crippen molar-refractivity contribution in [2.24, 2.45) is 0 Å². The Bertz CT molecular complexity index is 918. The van der Waals surface area contributed by atoms with Gasteiger partial charge in [-0.1, -0.05) is 6.92 Å². The van der Waals surface area contributed by atoms with Crippen molar-refractivity contribution in [3.8, 4) is 0 Å². The predicted molar refractivity (Wildman–Crippen MR) is 90.5 cm³/mol. The van der Waals surface area contributed by atoms with Crippen LogP contribution in [-0.4, -0.2) is 38.1 Å². The number of aromatic nitrogens is 4. The van der Waals surface area contributed by atoms with Gasteiger partial charge in [-0.15, -0.1) is 5.10 Å². The van der Waals surface area contributed by atoms with Gasteiger partial charge in [0, 0.05) is 17.6 Å². The van der Waals surface area contributed by atoms with Crippen LogP contribution in [0.2, 0.25) is 0 Å². The third-order valence-corrected chi connectivity index (χ3v) is 3.45. The molecule has 0 fully saturated rings. The number of nitrogens with one attached hydrogen (secondary N) is 1. The number of carbonyl (C=O) groups excluding carboxylic acids is 2. The number of anilines is 1. The largest absolute Gasteiger partial charge is 0.462 e. The molecule has 8 heteroatoms. The Morgan fingerprint density at radius 2 is 1.96 bits per heavy atom. The molecule has 0 unspecified atom stereocenters. The molecule has 0 atom stereocenters. The van der Waals surface area contributed by atoms with Crippen molar-refractivity contribution in [2.45, 2.75) is 20.3 Å². The van der Waals surface area contributed by atoms with Crippen LogP contribution in [0.25, 0.3) is 5.78 Å². The van der Waals surface area contributed by atoms with Crippen molar-refractivity contribution in [3.05, 3.63) is 53.6 Å². The first-order valence-electron chi connectivity index (χ1n) is 7.85. The Kier molecular flexibility index (Phi) is 4.69. The molecule has 3 rings (SSSR count). The van der Waals surface area contributed by atoms with Gasteiger partial charge < -0.3 is 10.1 Å². The third-order valence-electron chi connectivity index (χ3n) is 3.45. The standard InChI is InChI=1S/C17H17N5O3/c1-3-10-25-16(24)12-4-6-13(7-5-12)19-15(23)14-20-17-18-9-8-11(2)22(17)21-14/h4-9H,3,10H2,1-2H3,(H,19,23). The van der Waals surface area contributed by atoms with E-state index in [1.807, 2.05) is 13.8 Å². The molecule has 0 aliphatic carbocycles. The topological polar surface area (TPSA) is 98.5 Å². The van der Waals surface area contributed by atoms with E-state index in [1.54, 1.807) is 36.5 Å². The Hall–Kier alpha value is -3.29. The fourth-order valence-corrected chi connectivity index (χ4v) is 2.16. The molecule has 1 amide bonds. The van der Waals surface area contributed by atoms with Crippen LogP contribution >= 0.6 is 0 Å². The number of nitrogens with zero attached hydrogens (tertiary/aromatic N) is 4. The fraction of sp³-hybridized carbons (Fsp3) is 0.235. The highest BCUT2D eigenvalue weighted by Gasteiger charge is 2.15. The monoisotopic (exact) mass is 339 g/mol. The number of carbonyl (C=O) groups is 2. The maximum atomic E-state index is 12.3. The van der Waals surface area contributed by atoms with E-state index in [9.17, 15) is 9.59 Å². The van der Waals surface area contributed by atoms with Crippen molar-refractivity contribution >= 4 is 23.3 Å². The molecule has 0 aliphatic rings. The van der Waals surface area contributed by atoms with Gasteiger partial charge in [0.25, 0.3) is 11.7 Å². The average Bonchev–Trinajstić information content (AvgIpc) is 3.06. The predicted octanol–water partition coefficient (Wildman–Crippen LogP) is 2.25. The molecule has 2 heterocycles. The van der Waals surface area contributed by atoms with E-state index in [1.165, 1.54) is 4.52 Å². The van der Waals surface area contributed by atoms with Crippen LogP contribution in [0.15, 0.2) is 36.5 Å². The maximum Gasteiger partial charge on any atom is 0.338 e.